The summed E-state index contributed by atoms with van der Waals surface area (Å²) in [6.45, 7) is 8.59. The maximum absolute atomic E-state index is 12.4. The third-order valence-electron chi connectivity index (χ3n) is 4.74. The molecule has 1 amide bonds. The molecule has 0 aromatic heterocycles. The van der Waals surface area contributed by atoms with Gasteiger partial charge >= 0.3 is 0 Å². The van der Waals surface area contributed by atoms with E-state index in [4.69, 9.17) is 9.47 Å². The van der Waals surface area contributed by atoms with Crippen molar-refractivity contribution < 1.29 is 14.3 Å². The fourth-order valence-corrected chi connectivity index (χ4v) is 2.98. The molecule has 0 spiro atoms. The number of methoxy groups -OCH3 is 2. The summed E-state index contributed by atoms with van der Waals surface area (Å²) in [5, 5.41) is 3.06. The van der Waals surface area contributed by atoms with Crippen molar-refractivity contribution in [2.45, 2.75) is 45.6 Å². The zero-order chi connectivity index (χ0) is 20.7. The maximum Gasteiger partial charge on any atom is 0.244 e. The number of hydrogen-bond acceptors (Lipinski definition) is 3. The van der Waals surface area contributed by atoms with Gasteiger partial charge in [-0.25, -0.2) is 0 Å². The fourth-order valence-electron chi connectivity index (χ4n) is 2.98. The zero-order valence-corrected chi connectivity index (χ0v) is 17.7. The van der Waals surface area contributed by atoms with Gasteiger partial charge in [0, 0.05) is 6.08 Å². The first-order valence-electron chi connectivity index (χ1n) is 9.59. The Morgan fingerprint density at radius 3 is 2.21 bits per heavy atom. The van der Waals surface area contributed by atoms with Crippen LogP contribution in [0, 0.1) is 0 Å². The molecule has 1 N–H and O–H groups in total. The minimum absolute atomic E-state index is 0.0970. The molecule has 4 heteroatoms. The molecule has 2 aromatic rings. The molecule has 4 nitrogen and oxygen atoms in total. The standard InChI is InChI=1S/C24H31NO3/c1-7-20(18-11-14-21(27-5)22(16-18)28-6)25-23(26)15-10-17-8-12-19(13-9-17)24(2,3)4/h8-16,20H,7H2,1-6H3,(H,25,26)/b15-10+. The lowest BCUT2D eigenvalue weighted by Crippen LogP contribution is -2.26. The van der Waals surface area contributed by atoms with E-state index in [0.29, 0.717) is 11.5 Å². The van der Waals surface area contributed by atoms with Gasteiger partial charge in [0.05, 0.1) is 20.3 Å². The number of hydrogen-bond donors (Lipinski definition) is 1. The molecule has 0 aliphatic heterocycles. The van der Waals surface area contributed by atoms with E-state index in [0.717, 1.165) is 17.5 Å². The van der Waals surface area contributed by atoms with Gasteiger partial charge < -0.3 is 14.8 Å². The Bertz CT molecular complexity index is 817. The number of benzene rings is 2. The summed E-state index contributed by atoms with van der Waals surface area (Å²) < 4.78 is 10.6. The quantitative estimate of drug-likeness (QED) is 0.664. The average molecular weight is 382 g/mol. The Balaban J connectivity index is 2.07. The Kier molecular flexibility index (Phi) is 7.27. The van der Waals surface area contributed by atoms with Crippen LogP contribution < -0.4 is 14.8 Å². The smallest absolute Gasteiger partial charge is 0.244 e. The number of carbonyl (C=O) groups is 1. The van der Waals surface area contributed by atoms with Crippen LogP contribution >= 0.6 is 0 Å². The highest BCUT2D eigenvalue weighted by Gasteiger charge is 2.15. The molecule has 0 heterocycles. The average Bonchev–Trinajstić information content (AvgIpc) is 2.69. The molecular formula is C24H31NO3. The molecule has 2 rings (SSSR count). The predicted octanol–water partition coefficient (Wildman–Crippen LogP) is 5.28. The molecule has 1 unspecified atom stereocenters. The highest BCUT2D eigenvalue weighted by atomic mass is 16.5. The molecule has 0 fully saturated rings. The Morgan fingerprint density at radius 2 is 1.68 bits per heavy atom. The molecule has 0 aliphatic carbocycles. The molecule has 150 valence electrons. The van der Waals surface area contributed by atoms with Crippen molar-refractivity contribution in [2.24, 2.45) is 0 Å². The van der Waals surface area contributed by atoms with Gasteiger partial charge in [-0.05, 0) is 46.7 Å². The van der Waals surface area contributed by atoms with Crippen molar-refractivity contribution in [2.75, 3.05) is 14.2 Å². The van der Waals surface area contributed by atoms with Gasteiger partial charge in [0.25, 0.3) is 0 Å². The van der Waals surface area contributed by atoms with Crippen LogP contribution in [-0.2, 0) is 10.2 Å². The molecule has 0 saturated carbocycles. The second-order valence-electron chi connectivity index (χ2n) is 7.79. The van der Waals surface area contributed by atoms with Crippen LogP contribution in [0.15, 0.2) is 48.5 Å². The lowest BCUT2D eigenvalue weighted by Gasteiger charge is -2.19. The van der Waals surface area contributed by atoms with Gasteiger partial charge in [-0.3, -0.25) is 4.79 Å². The number of nitrogens with one attached hydrogen (secondary N) is 1. The largest absolute Gasteiger partial charge is 0.493 e. The summed E-state index contributed by atoms with van der Waals surface area (Å²) >= 11 is 0. The number of amides is 1. The number of rotatable bonds is 7. The van der Waals surface area contributed by atoms with Crippen molar-refractivity contribution in [3.05, 3.63) is 65.2 Å². The van der Waals surface area contributed by atoms with Gasteiger partial charge in [-0.15, -0.1) is 0 Å². The monoisotopic (exact) mass is 381 g/mol. The zero-order valence-electron chi connectivity index (χ0n) is 17.7. The minimum atomic E-state index is -0.124. The van der Waals surface area contributed by atoms with Crippen LogP contribution in [0.4, 0.5) is 0 Å². The molecule has 0 saturated heterocycles. The Labute approximate surface area is 168 Å². The number of carbonyl (C=O) groups excluding carboxylic acids is 1. The molecule has 28 heavy (non-hydrogen) atoms. The van der Waals surface area contributed by atoms with Crippen LogP contribution in [0.2, 0.25) is 0 Å². The first-order valence-corrected chi connectivity index (χ1v) is 9.59. The Morgan fingerprint density at radius 1 is 1.04 bits per heavy atom. The summed E-state index contributed by atoms with van der Waals surface area (Å²) in [6, 6.07) is 13.9. The lowest BCUT2D eigenvalue weighted by molar-refractivity contribution is -0.117. The summed E-state index contributed by atoms with van der Waals surface area (Å²) in [6.07, 6.45) is 4.19. The molecular weight excluding hydrogens is 350 g/mol. The van der Waals surface area contributed by atoms with Crippen LogP contribution in [-0.4, -0.2) is 20.1 Å². The Hall–Kier alpha value is -2.75. The second-order valence-corrected chi connectivity index (χ2v) is 7.79. The van der Waals surface area contributed by atoms with Crippen LogP contribution in [0.25, 0.3) is 6.08 Å². The van der Waals surface area contributed by atoms with Gasteiger partial charge in [0.15, 0.2) is 11.5 Å². The molecule has 1 atom stereocenters. The lowest BCUT2D eigenvalue weighted by atomic mass is 9.87. The van der Waals surface area contributed by atoms with E-state index in [1.54, 1.807) is 20.3 Å². The van der Waals surface area contributed by atoms with Crippen LogP contribution in [0.1, 0.15) is 56.8 Å². The van der Waals surface area contributed by atoms with E-state index < -0.39 is 0 Å². The third kappa shape index (κ3) is 5.62. The van der Waals surface area contributed by atoms with Gasteiger partial charge in [0.1, 0.15) is 0 Å². The van der Waals surface area contributed by atoms with Crippen molar-refractivity contribution in [3.63, 3.8) is 0 Å². The fraction of sp³-hybridized carbons (Fsp3) is 0.375. The van der Waals surface area contributed by atoms with Crippen LogP contribution in [0.5, 0.6) is 11.5 Å². The topological polar surface area (TPSA) is 47.6 Å². The number of ether oxygens (including phenoxy) is 2. The normalized spacial score (nSPS) is 12.6. The van der Waals surface area contributed by atoms with E-state index in [2.05, 4.69) is 38.2 Å². The predicted molar refractivity (Wildman–Crippen MR) is 115 cm³/mol. The van der Waals surface area contributed by atoms with Gasteiger partial charge in [0.2, 0.25) is 5.91 Å². The van der Waals surface area contributed by atoms with E-state index in [-0.39, 0.29) is 17.4 Å². The minimum Gasteiger partial charge on any atom is -0.493 e. The van der Waals surface area contributed by atoms with Crippen molar-refractivity contribution in [1.29, 1.82) is 0 Å². The summed E-state index contributed by atoms with van der Waals surface area (Å²) in [5.41, 5.74) is 3.38. The summed E-state index contributed by atoms with van der Waals surface area (Å²) in [5.74, 6) is 1.20. The first kappa shape index (κ1) is 21.5. The summed E-state index contributed by atoms with van der Waals surface area (Å²) in [4.78, 5) is 12.4. The van der Waals surface area contributed by atoms with Gasteiger partial charge in [-0.2, -0.15) is 0 Å². The third-order valence-corrected chi connectivity index (χ3v) is 4.74. The van der Waals surface area contributed by atoms with E-state index in [1.165, 1.54) is 5.56 Å². The molecule has 0 bridgehead atoms. The molecule has 0 radical (unpaired) electrons. The SMILES string of the molecule is CCC(NC(=O)/C=C/c1ccc(C(C)(C)C)cc1)c1ccc(OC)c(OC)c1. The van der Waals surface area contributed by atoms with Crippen molar-refractivity contribution >= 4 is 12.0 Å². The molecule has 0 aliphatic rings. The second kappa shape index (κ2) is 9.45. The highest BCUT2D eigenvalue weighted by Crippen LogP contribution is 2.30. The van der Waals surface area contributed by atoms with Crippen LogP contribution in [0.3, 0.4) is 0 Å². The molecule has 2 aromatic carbocycles. The maximum atomic E-state index is 12.4. The van der Waals surface area contributed by atoms with E-state index in [1.807, 2.05) is 43.3 Å². The first-order chi connectivity index (χ1) is 13.3. The van der Waals surface area contributed by atoms with E-state index >= 15 is 0 Å². The highest BCUT2D eigenvalue weighted by molar-refractivity contribution is 5.92. The van der Waals surface area contributed by atoms with Gasteiger partial charge in [-0.1, -0.05) is 58.0 Å². The van der Waals surface area contributed by atoms with Crippen molar-refractivity contribution in [3.8, 4) is 11.5 Å². The van der Waals surface area contributed by atoms with Crippen molar-refractivity contribution in [1.82, 2.24) is 5.32 Å². The summed E-state index contributed by atoms with van der Waals surface area (Å²) in [7, 11) is 3.21. The van der Waals surface area contributed by atoms with E-state index in [9.17, 15) is 4.79 Å².